The van der Waals surface area contributed by atoms with Gasteiger partial charge in [0, 0.05) is 18.8 Å². The average molecular weight is 416 g/mol. The molecule has 1 saturated heterocycles. The van der Waals surface area contributed by atoms with E-state index in [1.54, 1.807) is 12.2 Å². The van der Waals surface area contributed by atoms with Crippen LogP contribution in [-0.2, 0) is 18.6 Å². The van der Waals surface area contributed by atoms with E-state index in [4.69, 9.17) is 24.4 Å². The minimum atomic E-state index is -1.89. The number of hydrogen-bond donors (Lipinski definition) is 1. The molecule has 2 aliphatic carbocycles. The van der Waals surface area contributed by atoms with E-state index in [-0.39, 0.29) is 12.5 Å². The van der Waals surface area contributed by atoms with Gasteiger partial charge in [0.1, 0.15) is 6.61 Å². The Balaban J connectivity index is 1.94. The molecule has 2 N–H and O–H groups in total. The molecule has 3 aliphatic rings. The molecule has 3 atom stereocenters. The van der Waals surface area contributed by atoms with Crippen molar-refractivity contribution in [2.24, 2.45) is 11.7 Å². The lowest BCUT2D eigenvalue weighted by atomic mass is 9.82. The van der Waals surface area contributed by atoms with E-state index in [2.05, 4.69) is 44.5 Å². The number of nitrogens with two attached hydrogens (primary N) is 1. The zero-order valence-electron chi connectivity index (χ0n) is 17.4. The number of hydrogen-bond acceptors (Lipinski definition) is 5. The minimum Gasteiger partial charge on any atom is -0.409 e. The van der Waals surface area contributed by atoms with Gasteiger partial charge in [0.25, 0.3) is 0 Å². The Morgan fingerprint density at radius 2 is 2.00 bits per heavy atom. The van der Waals surface area contributed by atoms with Crippen LogP contribution in [0.1, 0.15) is 40.0 Å². The molecule has 2 bridgehead atoms. The molecule has 1 fully saturated rings. The second kappa shape index (κ2) is 9.19. The van der Waals surface area contributed by atoms with Crippen molar-refractivity contribution in [1.82, 2.24) is 0 Å². The molecule has 1 heterocycles. The third-order valence-electron chi connectivity index (χ3n) is 5.91. The van der Waals surface area contributed by atoms with E-state index in [0.717, 1.165) is 23.7 Å². The second-order valence-electron chi connectivity index (χ2n) is 7.55. The van der Waals surface area contributed by atoms with Crippen molar-refractivity contribution >= 4 is 14.4 Å². The van der Waals surface area contributed by atoms with Gasteiger partial charge in [-0.25, -0.2) is 4.79 Å². The third-order valence-corrected chi connectivity index (χ3v) is 10.5. The smallest absolute Gasteiger partial charge is 0.409 e. The Bertz CT molecular complexity index is 815. The van der Waals surface area contributed by atoms with Gasteiger partial charge in [0.05, 0.1) is 0 Å². The molecule has 1 aliphatic heterocycles. The normalized spacial score (nSPS) is 28.4. The molecule has 6 nitrogen and oxygen atoms in total. The molecule has 1 spiro atoms. The van der Waals surface area contributed by atoms with Gasteiger partial charge in [0.15, 0.2) is 20.4 Å². The topological polar surface area (TPSA) is 80.0 Å². The molecule has 0 aromatic rings. The van der Waals surface area contributed by atoms with Crippen molar-refractivity contribution in [3.05, 3.63) is 23.5 Å². The van der Waals surface area contributed by atoms with Crippen LogP contribution in [0.25, 0.3) is 0 Å². The summed E-state index contributed by atoms with van der Waals surface area (Å²) >= 11 is 0. The van der Waals surface area contributed by atoms with Gasteiger partial charge in [-0.15, -0.1) is 0 Å². The fraction of sp³-hybridized carbons (Fsp3) is 0.591. The van der Waals surface area contributed by atoms with E-state index in [1.807, 2.05) is 0 Å². The summed E-state index contributed by atoms with van der Waals surface area (Å²) in [6.45, 7) is 6.78. The lowest BCUT2D eigenvalue weighted by Crippen LogP contribution is -2.44. The highest BCUT2D eigenvalue weighted by atomic mass is 28.4. The van der Waals surface area contributed by atoms with Gasteiger partial charge in [-0.3, -0.25) is 0 Å². The molecule has 1 amide bonds. The maximum absolute atomic E-state index is 11.6. The van der Waals surface area contributed by atoms with Crippen LogP contribution in [0.15, 0.2) is 23.5 Å². The molecule has 7 heteroatoms. The van der Waals surface area contributed by atoms with Gasteiger partial charge >= 0.3 is 6.09 Å². The van der Waals surface area contributed by atoms with E-state index >= 15 is 0 Å². The summed E-state index contributed by atoms with van der Waals surface area (Å²) in [6, 6.07) is 3.03. The maximum atomic E-state index is 11.6. The molecule has 0 aromatic heterocycles. The largest absolute Gasteiger partial charge is 0.409 e. The first-order valence-corrected chi connectivity index (χ1v) is 12.8. The minimum absolute atomic E-state index is 0.000876. The maximum Gasteiger partial charge on any atom is 0.409 e. The van der Waals surface area contributed by atoms with E-state index < -0.39 is 26.5 Å². The van der Waals surface area contributed by atoms with Crippen molar-refractivity contribution < 1.29 is 23.4 Å². The van der Waals surface area contributed by atoms with Crippen molar-refractivity contribution in [3.8, 4) is 23.7 Å². The first kappa shape index (κ1) is 21.7. The standard InChI is InChI=1S/C22H29NO5Si/c1-4-29(5-2,6-3)28-19-16-25-22(27-19)15-17-12-10-8-7-9-11-13-18(14-17)20(22)26-21(23)24/h7-8,17,19H,4-6,13-16H2,1-3H3,(H2,23,24). The van der Waals surface area contributed by atoms with E-state index in [9.17, 15) is 4.79 Å². The monoisotopic (exact) mass is 415 g/mol. The van der Waals surface area contributed by atoms with E-state index in [0.29, 0.717) is 25.0 Å². The summed E-state index contributed by atoms with van der Waals surface area (Å²) in [7, 11) is -1.89. The van der Waals surface area contributed by atoms with Gasteiger partial charge in [-0.2, -0.15) is 0 Å². The molecule has 0 saturated carbocycles. The number of carbonyl (C=O) groups excluding carboxylic acids is 1. The van der Waals surface area contributed by atoms with Gasteiger partial charge in [-0.1, -0.05) is 44.5 Å². The fourth-order valence-electron chi connectivity index (χ4n) is 4.17. The lowest BCUT2D eigenvalue weighted by molar-refractivity contribution is -0.198. The summed E-state index contributed by atoms with van der Waals surface area (Å²) in [4.78, 5) is 11.6. The van der Waals surface area contributed by atoms with Gasteiger partial charge < -0.3 is 24.4 Å². The second-order valence-corrected chi connectivity index (χ2v) is 12.3. The highest BCUT2D eigenvalue weighted by Gasteiger charge is 2.53. The highest BCUT2D eigenvalue weighted by molar-refractivity contribution is 6.73. The van der Waals surface area contributed by atoms with Crippen LogP contribution in [0.2, 0.25) is 18.1 Å². The first-order chi connectivity index (χ1) is 14.0. The molecular formula is C22H29NO5Si. The molecule has 156 valence electrons. The van der Waals surface area contributed by atoms with Gasteiger partial charge in [-0.05, 0) is 42.3 Å². The van der Waals surface area contributed by atoms with Crippen LogP contribution in [0.3, 0.4) is 0 Å². The Morgan fingerprint density at radius 1 is 1.28 bits per heavy atom. The summed E-state index contributed by atoms with van der Waals surface area (Å²) < 4.78 is 24.4. The van der Waals surface area contributed by atoms with Gasteiger partial charge in [0.2, 0.25) is 5.79 Å². The fourth-order valence-corrected chi connectivity index (χ4v) is 6.84. The molecule has 0 radical (unpaired) electrons. The Hall–Kier alpha value is -2.03. The highest BCUT2D eigenvalue weighted by Crippen LogP contribution is 2.46. The predicted octanol–water partition coefficient (Wildman–Crippen LogP) is 3.80. The molecule has 3 rings (SSSR count). The molecule has 29 heavy (non-hydrogen) atoms. The number of ether oxygens (including phenoxy) is 3. The van der Waals surface area contributed by atoms with Crippen LogP contribution >= 0.6 is 0 Å². The SMILES string of the molecule is CC[Si](CC)(CC)OC1COC2(CC3C#CC=CC#CCC(=C2OC(N)=O)C3)O1. The first-order valence-electron chi connectivity index (χ1n) is 10.3. The molecule has 0 aromatic carbocycles. The lowest BCUT2D eigenvalue weighted by Gasteiger charge is -2.37. The van der Waals surface area contributed by atoms with Crippen molar-refractivity contribution in [3.63, 3.8) is 0 Å². The number of primary amides is 1. The zero-order valence-corrected chi connectivity index (χ0v) is 18.4. The summed E-state index contributed by atoms with van der Waals surface area (Å²) in [6.07, 6.45) is 3.59. The third kappa shape index (κ3) is 4.76. The van der Waals surface area contributed by atoms with Crippen molar-refractivity contribution in [2.45, 2.75) is 70.2 Å². The van der Waals surface area contributed by atoms with Crippen LogP contribution in [0, 0.1) is 29.6 Å². The van der Waals surface area contributed by atoms with Crippen LogP contribution in [0.5, 0.6) is 0 Å². The molecule has 3 unspecified atom stereocenters. The predicted molar refractivity (Wildman–Crippen MR) is 112 cm³/mol. The number of rotatable bonds is 6. The number of fused-ring (bicyclic) bond motifs is 2. The Morgan fingerprint density at radius 3 is 2.69 bits per heavy atom. The van der Waals surface area contributed by atoms with Crippen molar-refractivity contribution in [2.75, 3.05) is 6.61 Å². The van der Waals surface area contributed by atoms with E-state index in [1.165, 1.54) is 0 Å². The summed E-state index contributed by atoms with van der Waals surface area (Å²) in [5.41, 5.74) is 6.20. The summed E-state index contributed by atoms with van der Waals surface area (Å²) in [5, 5.41) is 0. The molecular weight excluding hydrogens is 386 g/mol. The number of amides is 1. The Kier molecular flexibility index (Phi) is 6.87. The zero-order chi connectivity index (χ0) is 20.9. The quantitative estimate of drug-likeness (QED) is 0.527. The average Bonchev–Trinajstić information content (AvgIpc) is 3.10. The van der Waals surface area contributed by atoms with Crippen LogP contribution in [0.4, 0.5) is 4.79 Å². The number of allylic oxidation sites excluding steroid dienone is 3. The Labute approximate surface area is 173 Å². The van der Waals surface area contributed by atoms with Crippen LogP contribution < -0.4 is 5.73 Å². The van der Waals surface area contributed by atoms with Crippen LogP contribution in [-0.4, -0.2) is 33.1 Å². The number of carbonyl (C=O) groups is 1. The van der Waals surface area contributed by atoms with Crippen molar-refractivity contribution in [1.29, 1.82) is 0 Å². The summed E-state index contributed by atoms with van der Waals surface area (Å²) in [5.74, 6) is 11.4.